The number of hydrogen-bond donors (Lipinski definition) is 3. The number of aliphatic hydroxyl groups is 2. The third-order valence-corrected chi connectivity index (χ3v) is 1.82. The third-order valence-electron chi connectivity index (χ3n) is 1.82. The molecule has 0 saturated carbocycles. The van der Waals surface area contributed by atoms with E-state index < -0.39 is 0 Å². The molecule has 0 saturated heterocycles. The smallest absolute Gasteiger partial charge is 0.0468 e. The highest BCUT2D eigenvalue weighted by Crippen LogP contribution is 1.93. The first-order chi connectivity index (χ1) is 5.81. The number of aliphatic hydroxyl groups excluding tert-OH is 2. The van der Waals surface area contributed by atoms with Crippen molar-refractivity contribution in [2.75, 3.05) is 26.3 Å². The van der Waals surface area contributed by atoms with Crippen LogP contribution >= 0.6 is 0 Å². The minimum Gasteiger partial charge on any atom is -0.396 e. The van der Waals surface area contributed by atoms with Crippen molar-refractivity contribution in [3.05, 3.63) is 0 Å². The largest absolute Gasteiger partial charge is 0.396 e. The summed E-state index contributed by atoms with van der Waals surface area (Å²) in [5, 5.41) is 20.5. The van der Waals surface area contributed by atoms with Gasteiger partial charge < -0.3 is 15.5 Å². The summed E-state index contributed by atoms with van der Waals surface area (Å²) in [4.78, 5) is 0. The molecule has 0 aliphatic rings. The molecule has 0 rings (SSSR count). The first-order valence-electron chi connectivity index (χ1n) is 4.73. The van der Waals surface area contributed by atoms with Crippen LogP contribution in [0.1, 0.15) is 26.2 Å². The zero-order valence-electron chi connectivity index (χ0n) is 7.92. The topological polar surface area (TPSA) is 52.5 Å². The summed E-state index contributed by atoms with van der Waals surface area (Å²) in [6.45, 7) is 4.44. The number of hydrogen-bond acceptors (Lipinski definition) is 3. The van der Waals surface area contributed by atoms with E-state index in [9.17, 15) is 0 Å². The maximum absolute atomic E-state index is 8.70. The lowest BCUT2D eigenvalue weighted by molar-refractivity contribution is 0.233. The standard InChI is InChI=1S/C9H21NO2/c1-9(8-12)7-10-5-3-2-4-6-11/h9-12H,2-8H2,1H3. The van der Waals surface area contributed by atoms with Crippen molar-refractivity contribution in [2.24, 2.45) is 5.92 Å². The molecule has 0 aromatic rings. The molecule has 0 amide bonds. The monoisotopic (exact) mass is 175 g/mol. The van der Waals surface area contributed by atoms with Gasteiger partial charge in [0.2, 0.25) is 0 Å². The molecule has 74 valence electrons. The van der Waals surface area contributed by atoms with E-state index in [4.69, 9.17) is 10.2 Å². The Bertz CT molecular complexity index is 88.6. The van der Waals surface area contributed by atoms with Crippen molar-refractivity contribution in [3.8, 4) is 0 Å². The Balaban J connectivity index is 2.90. The molecule has 3 N–H and O–H groups in total. The van der Waals surface area contributed by atoms with Crippen molar-refractivity contribution in [1.82, 2.24) is 5.32 Å². The summed E-state index contributed by atoms with van der Waals surface area (Å²) in [5.74, 6) is 0.350. The van der Waals surface area contributed by atoms with E-state index in [1.54, 1.807) is 0 Å². The molecule has 0 bridgehead atoms. The van der Waals surface area contributed by atoms with Crippen molar-refractivity contribution in [2.45, 2.75) is 26.2 Å². The van der Waals surface area contributed by atoms with Gasteiger partial charge in [-0.15, -0.1) is 0 Å². The Morgan fingerprint density at radius 2 is 1.92 bits per heavy atom. The van der Waals surface area contributed by atoms with Gasteiger partial charge in [-0.2, -0.15) is 0 Å². The maximum Gasteiger partial charge on any atom is 0.0468 e. The molecule has 0 radical (unpaired) electrons. The second kappa shape index (κ2) is 8.97. The number of unbranched alkanes of at least 4 members (excludes halogenated alkanes) is 2. The van der Waals surface area contributed by atoms with E-state index in [2.05, 4.69) is 5.32 Å². The fraction of sp³-hybridized carbons (Fsp3) is 1.00. The van der Waals surface area contributed by atoms with E-state index in [1.807, 2.05) is 6.92 Å². The van der Waals surface area contributed by atoms with Gasteiger partial charge in [-0.05, 0) is 38.3 Å². The molecule has 0 fully saturated rings. The Labute approximate surface area is 74.8 Å². The summed E-state index contributed by atoms with van der Waals surface area (Å²) >= 11 is 0. The second-order valence-corrected chi connectivity index (χ2v) is 3.28. The highest BCUT2D eigenvalue weighted by atomic mass is 16.3. The van der Waals surface area contributed by atoms with Crippen LogP contribution in [-0.4, -0.2) is 36.5 Å². The lowest BCUT2D eigenvalue weighted by Crippen LogP contribution is -2.24. The van der Waals surface area contributed by atoms with Crippen LogP contribution in [0.2, 0.25) is 0 Å². The molecule has 0 spiro atoms. The highest BCUT2D eigenvalue weighted by Gasteiger charge is 1.97. The SMILES string of the molecule is CC(CO)CNCCCCCO. The zero-order valence-corrected chi connectivity index (χ0v) is 7.92. The normalized spacial score (nSPS) is 13.2. The lowest BCUT2D eigenvalue weighted by atomic mass is 10.2. The van der Waals surface area contributed by atoms with Gasteiger partial charge in [-0.1, -0.05) is 6.92 Å². The van der Waals surface area contributed by atoms with E-state index in [-0.39, 0.29) is 6.61 Å². The van der Waals surface area contributed by atoms with Crippen LogP contribution in [0.5, 0.6) is 0 Å². The van der Waals surface area contributed by atoms with Crippen LogP contribution in [0.25, 0.3) is 0 Å². The third kappa shape index (κ3) is 7.98. The van der Waals surface area contributed by atoms with Gasteiger partial charge in [-0.25, -0.2) is 0 Å². The average molecular weight is 175 g/mol. The molecule has 1 unspecified atom stereocenters. The average Bonchev–Trinajstić information content (AvgIpc) is 2.10. The van der Waals surface area contributed by atoms with Gasteiger partial charge in [0.05, 0.1) is 0 Å². The molecule has 1 atom stereocenters. The zero-order chi connectivity index (χ0) is 9.23. The van der Waals surface area contributed by atoms with Crippen molar-refractivity contribution < 1.29 is 10.2 Å². The summed E-state index contributed by atoms with van der Waals surface area (Å²) in [5.41, 5.74) is 0. The number of nitrogens with one attached hydrogen (secondary N) is 1. The predicted molar refractivity (Wildman–Crippen MR) is 50.1 cm³/mol. The number of rotatable bonds is 8. The molecular formula is C9H21NO2. The minimum absolute atomic E-state index is 0.254. The van der Waals surface area contributed by atoms with Crippen molar-refractivity contribution in [3.63, 3.8) is 0 Å². The first kappa shape index (κ1) is 11.9. The Hall–Kier alpha value is -0.120. The van der Waals surface area contributed by atoms with E-state index in [0.29, 0.717) is 12.5 Å². The van der Waals surface area contributed by atoms with E-state index in [0.717, 1.165) is 32.4 Å². The molecular weight excluding hydrogens is 154 g/mol. The van der Waals surface area contributed by atoms with Crippen LogP contribution in [0.3, 0.4) is 0 Å². The fourth-order valence-corrected chi connectivity index (χ4v) is 0.952. The van der Waals surface area contributed by atoms with Gasteiger partial charge in [0.15, 0.2) is 0 Å². The van der Waals surface area contributed by atoms with Gasteiger partial charge in [0.1, 0.15) is 0 Å². The molecule has 0 aliphatic heterocycles. The van der Waals surface area contributed by atoms with Crippen molar-refractivity contribution in [1.29, 1.82) is 0 Å². The van der Waals surface area contributed by atoms with Gasteiger partial charge in [-0.3, -0.25) is 0 Å². The minimum atomic E-state index is 0.254. The second-order valence-electron chi connectivity index (χ2n) is 3.28. The van der Waals surface area contributed by atoms with Crippen LogP contribution in [0.15, 0.2) is 0 Å². The molecule has 0 aromatic heterocycles. The van der Waals surface area contributed by atoms with E-state index in [1.165, 1.54) is 0 Å². The molecule has 12 heavy (non-hydrogen) atoms. The molecule has 0 aromatic carbocycles. The predicted octanol–water partition coefficient (Wildman–Crippen LogP) is 0.367. The lowest BCUT2D eigenvalue weighted by Gasteiger charge is -2.08. The summed E-state index contributed by atoms with van der Waals surface area (Å²) < 4.78 is 0. The maximum atomic E-state index is 8.70. The molecule has 0 heterocycles. The van der Waals surface area contributed by atoms with Crippen LogP contribution in [-0.2, 0) is 0 Å². The summed E-state index contributed by atoms with van der Waals surface area (Å²) in [7, 11) is 0. The first-order valence-corrected chi connectivity index (χ1v) is 4.73. The van der Waals surface area contributed by atoms with Gasteiger partial charge in [0.25, 0.3) is 0 Å². The Morgan fingerprint density at radius 1 is 1.17 bits per heavy atom. The van der Waals surface area contributed by atoms with Crippen LogP contribution < -0.4 is 5.32 Å². The summed E-state index contributed by atoms with van der Waals surface area (Å²) in [6.07, 6.45) is 3.09. The van der Waals surface area contributed by atoms with Crippen molar-refractivity contribution >= 4 is 0 Å². The quantitative estimate of drug-likeness (QED) is 0.467. The van der Waals surface area contributed by atoms with E-state index >= 15 is 0 Å². The summed E-state index contributed by atoms with van der Waals surface area (Å²) in [6, 6.07) is 0. The molecule has 3 nitrogen and oxygen atoms in total. The van der Waals surface area contributed by atoms with Gasteiger partial charge in [0, 0.05) is 13.2 Å². The van der Waals surface area contributed by atoms with Crippen LogP contribution in [0, 0.1) is 5.92 Å². The Morgan fingerprint density at radius 3 is 2.50 bits per heavy atom. The Kier molecular flexibility index (Phi) is 8.88. The fourth-order valence-electron chi connectivity index (χ4n) is 0.952. The molecule has 3 heteroatoms. The van der Waals surface area contributed by atoms with Crippen LogP contribution in [0.4, 0.5) is 0 Å². The highest BCUT2D eigenvalue weighted by molar-refractivity contribution is 4.54. The van der Waals surface area contributed by atoms with Gasteiger partial charge >= 0.3 is 0 Å². The molecule has 0 aliphatic carbocycles.